The molecule has 132 valence electrons. The standard InChI is InChI=1S/C19H35NO2P/c1-15(2)20(16(3)4)23(21-17(5)6,22-18(7)8)14-19-12-10-9-11-13-19/h9-13,15-18H,14H2,1-8H3/q+1. The van der Waals surface area contributed by atoms with Crippen molar-refractivity contribution < 1.29 is 9.05 Å². The highest BCUT2D eigenvalue weighted by Gasteiger charge is 2.53. The third-order valence-electron chi connectivity index (χ3n) is 3.39. The number of rotatable bonds is 9. The highest BCUT2D eigenvalue weighted by Crippen LogP contribution is 2.69. The first-order chi connectivity index (χ1) is 10.7. The van der Waals surface area contributed by atoms with Gasteiger partial charge in [0.25, 0.3) is 0 Å². The lowest BCUT2D eigenvalue weighted by atomic mass is 10.2. The van der Waals surface area contributed by atoms with Gasteiger partial charge in [-0.05, 0) is 61.0 Å². The van der Waals surface area contributed by atoms with Crippen molar-refractivity contribution in [2.45, 2.75) is 85.8 Å². The van der Waals surface area contributed by atoms with Crippen LogP contribution in [0.2, 0.25) is 0 Å². The Hall–Kier alpha value is -0.470. The molecule has 1 aromatic rings. The van der Waals surface area contributed by atoms with E-state index in [-0.39, 0.29) is 12.2 Å². The summed E-state index contributed by atoms with van der Waals surface area (Å²) in [5, 5.41) is 0. The topological polar surface area (TPSA) is 21.7 Å². The molecular formula is C19H35NO2P+. The van der Waals surface area contributed by atoms with Crippen molar-refractivity contribution in [1.82, 2.24) is 4.67 Å². The van der Waals surface area contributed by atoms with Crippen LogP contribution >= 0.6 is 7.87 Å². The molecule has 0 radical (unpaired) electrons. The van der Waals surface area contributed by atoms with Gasteiger partial charge in [0, 0.05) is 12.1 Å². The molecule has 1 rings (SSSR count). The largest absolute Gasteiger partial charge is 0.353 e. The maximum Gasteiger partial charge on any atom is 0.353 e. The molecule has 0 bridgehead atoms. The maximum atomic E-state index is 6.55. The molecule has 0 saturated carbocycles. The van der Waals surface area contributed by atoms with Crippen LogP contribution in [-0.4, -0.2) is 29.0 Å². The number of hydrogen-bond donors (Lipinski definition) is 0. The van der Waals surface area contributed by atoms with Crippen molar-refractivity contribution in [3.63, 3.8) is 0 Å². The third kappa shape index (κ3) is 6.15. The van der Waals surface area contributed by atoms with E-state index in [9.17, 15) is 0 Å². The van der Waals surface area contributed by atoms with Gasteiger partial charge in [-0.15, -0.1) is 4.67 Å². The minimum absolute atomic E-state index is 0.130. The van der Waals surface area contributed by atoms with E-state index in [4.69, 9.17) is 9.05 Å². The predicted octanol–water partition coefficient (Wildman–Crippen LogP) is 5.92. The van der Waals surface area contributed by atoms with Crippen LogP contribution in [0.1, 0.15) is 61.0 Å². The van der Waals surface area contributed by atoms with Crippen molar-refractivity contribution in [1.29, 1.82) is 0 Å². The summed E-state index contributed by atoms with van der Waals surface area (Å²) in [4.78, 5) is 0. The lowest BCUT2D eigenvalue weighted by Gasteiger charge is -2.39. The van der Waals surface area contributed by atoms with E-state index in [0.717, 1.165) is 6.16 Å². The first kappa shape index (κ1) is 20.6. The van der Waals surface area contributed by atoms with Crippen LogP contribution in [0.15, 0.2) is 30.3 Å². The summed E-state index contributed by atoms with van der Waals surface area (Å²) in [5.41, 5.74) is 1.27. The zero-order valence-corrected chi connectivity index (χ0v) is 17.0. The first-order valence-corrected chi connectivity index (χ1v) is 10.5. The molecule has 0 unspecified atom stereocenters. The summed E-state index contributed by atoms with van der Waals surface area (Å²) in [6, 6.07) is 11.3. The number of hydrogen-bond acceptors (Lipinski definition) is 3. The molecule has 0 N–H and O–H groups in total. The molecule has 0 aromatic heterocycles. The summed E-state index contributed by atoms with van der Waals surface area (Å²) in [5.74, 6) is 0. The normalized spacial score (nSPS) is 13.1. The fourth-order valence-corrected chi connectivity index (χ4v) is 7.04. The van der Waals surface area contributed by atoms with Crippen LogP contribution in [0.25, 0.3) is 0 Å². The molecule has 0 aliphatic carbocycles. The highest BCUT2D eigenvalue weighted by molar-refractivity contribution is 7.63. The van der Waals surface area contributed by atoms with Gasteiger partial charge in [-0.3, -0.25) is 0 Å². The van der Waals surface area contributed by atoms with E-state index in [1.54, 1.807) is 0 Å². The summed E-state index contributed by atoms with van der Waals surface area (Å²) in [6.45, 7) is 17.3. The molecule has 0 spiro atoms. The molecule has 3 nitrogen and oxygen atoms in total. The zero-order valence-electron chi connectivity index (χ0n) is 16.1. The van der Waals surface area contributed by atoms with E-state index in [1.165, 1.54) is 5.56 Å². The summed E-state index contributed by atoms with van der Waals surface area (Å²) >= 11 is 0. The van der Waals surface area contributed by atoms with E-state index >= 15 is 0 Å². The summed E-state index contributed by atoms with van der Waals surface area (Å²) < 4.78 is 15.6. The van der Waals surface area contributed by atoms with Crippen LogP contribution in [0, 0.1) is 0 Å². The number of benzene rings is 1. The third-order valence-corrected chi connectivity index (χ3v) is 7.28. The van der Waals surface area contributed by atoms with Crippen molar-refractivity contribution in [2.75, 3.05) is 0 Å². The Morgan fingerprint density at radius 3 is 1.57 bits per heavy atom. The second-order valence-corrected chi connectivity index (χ2v) is 9.63. The Bertz CT molecular complexity index is 428. The van der Waals surface area contributed by atoms with Gasteiger partial charge in [0.15, 0.2) is 6.16 Å². The van der Waals surface area contributed by atoms with Gasteiger partial charge in [0.05, 0.1) is 0 Å². The lowest BCUT2D eigenvalue weighted by molar-refractivity contribution is 0.106. The van der Waals surface area contributed by atoms with Gasteiger partial charge in [-0.2, -0.15) is 9.05 Å². The molecule has 0 atom stereocenters. The second kappa shape index (κ2) is 9.13. The Labute approximate surface area is 143 Å². The Morgan fingerprint density at radius 2 is 1.22 bits per heavy atom. The second-order valence-electron chi connectivity index (χ2n) is 7.16. The van der Waals surface area contributed by atoms with Crippen molar-refractivity contribution in [2.24, 2.45) is 0 Å². The molecule has 0 amide bonds. The summed E-state index contributed by atoms with van der Waals surface area (Å²) in [7, 11) is -2.22. The van der Waals surface area contributed by atoms with E-state index in [2.05, 4.69) is 90.4 Å². The van der Waals surface area contributed by atoms with E-state index in [1.807, 2.05) is 0 Å². The SMILES string of the molecule is CC(C)O[P+](Cc1ccccc1)(OC(C)C)N(C(C)C)C(C)C. The van der Waals surface area contributed by atoms with Crippen LogP contribution in [0.5, 0.6) is 0 Å². The quantitative estimate of drug-likeness (QED) is 0.521. The Morgan fingerprint density at radius 1 is 0.783 bits per heavy atom. The lowest BCUT2D eigenvalue weighted by Crippen LogP contribution is -2.40. The molecule has 0 fully saturated rings. The Kier molecular flexibility index (Phi) is 8.17. The average Bonchev–Trinajstić information content (AvgIpc) is 2.36. The van der Waals surface area contributed by atoms with Gasteiger partial charge in [-0.1, -0.05) is 30.3 Å². The van der Waals surface area contributed by atoms with Gasteiger partial charge < -0.3 is 0 Å². The van der Waals surface area contributed by atoms with Crippen molar-refractivity contribution >= 4 is 7.87 Å². The average molecular weight is 340 g/mol. The smallest absolute Gasteiger partial charge is 0.184 e. The molecule has 0 aliphatic rings. The monoisotopic (exact) mass is 340 g/mol. The van der Waals surface area contributed by atoms with Crippen LogP contribution < -0.4 is 0 Å². The first-order valence-electron chi connectivity index (χ1n) is 8.75. The summed E-state index contributed by atoms with van der Waals surface area (Å²) in [6.07, 6.45) is 1.08. The van der Waals surface area contributed by atoms with Gasteiger partial charge in [0.1, 0.15) is 12.2 Å². The molecule has 23 heavy (non-hydrogen) atoms. The fourth-order valence-electron chi connectivity index (χ4n) is 3.06. The fraction of sp³-hybridized carbons (Fsp3) is 0.684. The zero-order chi connectivity index (χ0) is 17.6. The van der Waals surface area contributed by atoms with Gasteiger partial charge >= 0.3 is 7.87 Å². The molecular weight excluding hydrogens is 305 g/mol. The highest BCUT2D eigenvalue weighted by atomic mass is 31.2. The van der Waals surface area contributed by atoms with Gasteiger partial charge in [0.2, 0.25) is 0 Å². The molecule has 1 aromatic carbocycles. The van der Waals surface area contributed by atoms with Crippen LogP contribution in [0.3, 0.4) is 0 Å². The van der Waals surface area contributed by atoms with E-state index < -0.39 is 7.87 Å². The minimum Gasteiger partial charge on any atom is -0.184 e. The van der Waals surface area contributed by atoms with Gasteiger partial charge in [-0.25, -0.2) is 0 Å². The number of nitrogens with zero attached hydrogens (tertiary/aromatic N) is 1. The van der Waals surface area contributed by atoms with Crippen molar-refractivity contribution in [3.8, 4) is 0 Å². The molecule has 0 saturated heterocycles. The predicted molar refractivity (Wildman–Crippen MR) is 102 cm³/mol. The van der Waals surface area contributed by atoms with E-state index in [0.29, 0.717) is 12.1 Å². The van der Waals surface area contributed by atoms with Crippen LogP contribution in [-0.2, 0) is 15.2 Å². The van der Waals surface area contributed by atoms with Crippen molar-refractivity contribution in [3.05, 3.63) is 35.9 Å². The Balaban J connectivity index is 3.32. The van der Waals surface area contributed by atoms with Crippen LogP contribution in [0.4, 0.5) is 0 Å². The minimum atomic E-state index is -2.22. The molecule has 4 heteroatoms. The molecule has 0 heterocycles. The molecule has 0 aliphatic heterocycles. The maximum absolute atomic E-state index is 6.55.